The minimum absolute atomic E-state index is 0.0668. The first-order valence-corrected chi connectivity index (χ1v) is 16.7. The van der Waals surface area contributed by atoms with Crippen molar-refractivity contribution in [2.75, 3.05) is 44.5 Å². The first-order valence-electron chi connectivity index (χ1n) is 14.2. The van der Waals surface area contributed by atoms with Crippen LogP contribution in [0.2, 0.25) is 0 Å². The van der Waals surface area contributed by atoms with Gasteiger partial charge in [-0.3, -0.25) is 23.9 Å². The molecule has 0 unspecified atom stereocenters. The number of hydrogen-bond acceptors (Lipinski definition) is 13. The van der Waals surface area contributed by atoms with E-state index in [2.05, 4.69) is 0 Å². The van der Waals surface area contributed by atoms with Gasteiger partial charge in [0.05, 0.1) is 32.6 Å². The maximum atomic E-state index is 13.2. The maximum absolute atomic E-state index is 13.2. The molecule has 0 saturated carbocycles. The number of benzene rings is 2. The highest BCUT2D eigenvalue weighted by atomic mass is 33.1. The van der Waals surface area contributed by atoms with Gasteiger partial charge in [0, 0.05) is 36.5 Å². The molecule has 16 heteroatoms. The monoisotopic (exact) mass is 682 g/mol. The maximum Gasteiger partial charge on any atom is 0.331 e. The van der Waals surface area contributed by atoms with E-state index in [1.807, 2.05) is 0 Å². The van der Waals surface area contributed by atoms with Crippen LogP contribution >= 0.6 is 21.6 Å². The van der Waals surface area contributed by atoms with E-state index in [1.54, 1.807) is 38.7 Å². The molecule has 0 atom stereocenters. The third kappa shape index (κ3) is 12.8. The van der Waals surface area contributed by atoms with E-state index in [0.29, 0.717) is 44.6 Å². The van der Waals surface area contributed by atoms with E-state index in [4.69, 9.17) is 18.9 Å². The minimum atomic E-state index is -1.15. The molecule has 0 radical (unpaired) electrons. The van der Waals surface area contributed by atoms with Gasteiger partial charge in [0.2, 0.25) is 5.82 Å². The fraction of sp³-hybridized carbons (Fsp3) is 0.400. The lowest BCUT2D eigenvalue weighted by Gasteiger charge is -2.11. The van der Waals surface area contributed by atoms with Gasteiger partial charge in [-0.15, -0.1) is 0 Å². The number of halogens is 1. The number of H-pyrrole nitrogens is 1. The minimum Gasteiger partial charge on any atom is -0.508 e. The zero-order chi connectivity index (χ0) is 33.3. The van der Waals surface area contributed by atoms with E-state index in [9.17, 15) is 38.9 Å². The molecular weight excluding hydrogens is 647 g/mol. The molecule has 0 fully saturated rings. The van der Waals surface area contributed by atoms with Crippen molar-refractivity contribution in [3.63, 3.8) is 0 Å². The van der Waals surface area contributed by atoms with Crippen molar-refractivity contribution in [2.45, 2.75) is 32.4 Å². The van der Waals surface area contributed by atoms with Crippen LogP contribution < -0.4 is 16.0 Å². The molecule has 46 heavy (non-hydrogen) atoms. The smallest absolute Gasteiger partial charge is 0.331 e. The van der Waals surface area contributed by atoms with Crippen LogP contribution in [0, 0.1) is 5.82 Å². The number of nitrogens with one attached hydrogen (secondary N) is 1. The number of carbonyl (C=O) groups is 2. The Morgan fingerprint density at radius 3 is 2.24 bits per heavy atom. The number of aryl methyl sites for hydroxylation is 1. The Morgan fingerprint density at radius 1 is 0.870 bits per heavy atom. The van der Waals surface area contributed by atoms with Gasteiger partial charge in [-0.2, -0.15) is 4.39 Å². The second kappa shape index (κ2) is 19.5. The Kier molecular flexibility index (Phi) is 15.5. The van der Waals surface area contributed by atoms with Crippen LogP contribution in [-0.2, 0) is 32.2 Å². The Morgan fingerprint density at radius 2 is 1.52 bits per heavy atom. The normalized spacial score (nSPS) is 11.0. The quantitative estimate of drug-likeness (QED) is 0.0555. The molecule has 3 rings (SSSR count). The van der Waals surface area contributed by atoms with Gasteiger partial charge < -0.3 is 34.3 Å². The summed E-state index contributed by atoms with van der Waals surface area (Å²) < 4.78 is 35.4. The summed E-state index contributed by atoms with van der Waals surface area (Å²) in [6, 6.07) is 8.97. The average molecular weight is 683 g/mol. The average Bonchev–Trinajstić information content (AvgIpc) is 3.01. The number of aromatic amines is 1. The first-order chi connectivity index (χ1) is 22.1. The number of phenols is 3. The highest BCUT2D eigenvalue weighted by Crippen LogP contribution is 2.34. The van der Waals surface area contributed by atoms with Crippen molar-refractivity contribution in [1.29, 1.82) is 0 Å². The number of phenolic OH excluding ortho intramolecular Hbond substituents is 3. The molecule has 0 aliphatic carbocycles. The largest absolute Gasteiger partial charge is 0.508 e. The summed E-state index contributed by atoms with van der Waals surface area (Å²) in [6.45, 7) is 1.12. The van der Waals surface area contributed by atoms with Gasteiger partial charge in [0.25, 0.3) is 5.56 Å². The van der Waals surface area contributed by atoms with E-state index in [-0.39, 0.29) is 54.6 Å². The van der Waals surface area contributed by atoms with Gasteiger partial charge in [-0.25, -0.2) is 4.79 Å². The molecule has 13 nitrogen and oxygen atoms in total. The summed E-state index contributed by atoms with van der Waals surface area (Å²) in [6.07, 6.45) is 1.81. The number of aromatic hydroxyl groups is 3. The fourth-order valence-corrected chi connectivity index (χ4v) is 5.77. The molecule has 250 valence electrons. The summed E-state index contributed by atoms with van der Waals surface area (Å²) in [5, 5.41) is 29.9. The van der Waals surface area contributed by atoms with E-state index in [0.717, 1.165) is 15.9 Å². The van der Waals surface area contributed by atoms with Gasteiger partial charge in [-0.1, -0.05) is 33.7 Å². The van der Waals surface area contributed by atoms with Crippen molar-refractivity contribution in [3.8, 4) is 23.0 Å². The number of nitrogens with zero attached hydrogens (tertiary/aromatic N) is 1. The third-order valence-corrected chi connectivity index (χ3v) is 8.58. The van der Waals surface area contributed by atoms with Crippen LogP contribution in [0.4, 0.5) is 4.39 Å². The lowest BCUT2D eigenvalue weighted by atomic mass is 10.0. The standard InChI is InChI=1S/C30H35FN2O11S2/c31-23-18-33(30(40)32-29(23)39)19-44-27(38)2-1-14-45-46-15-13-42-10-9-41-11-12-43-22-16-25(36)28(26(37)17-22)24(35)8-5-20-3-6-21(34)7-4-20/h3-4,6-7,16-18,34,36-37H,1-2,5,8-15,19H2,(H,32,39,40). The molecule has 0 saturated heterocycles. The molecular formula is C30H35FN2O11S2. The number of hydrogen-bond donors (Lipinski definition) is 4. The van der Waals surface area contributed by atoms with Crippen LogP contribution in [-0.4, -0.2) is 81.2 Å². The van der Waals surface area contributed by atoms with Crippen LogP contribution in [0.15, 0.2) is 52.2 Å². The summed E-state index contributed by atoms with van der Waals surface area (Å²) in [5.41, 5.74) is -1.34. The Balaban J connectivity index is 1.16. The topological polar surface area (TPSA) is 187 Å². The van der Waals surface area contributed by atoms with Crippen LogP contribution in [0.3, 0.4) is 0 Å². The third-order valence-electron chi connectivity index (χ3n) is 6.13. The van der Waals surface area contributed by atoms with Gasteiger partial charge in [-0.05, 0) is 30.5 Å². The summed E-state index contributed by atoms with van der Waals surface area (Å²) in [5.74, 6) is -1.14. The van der Waals surface area contributed by atoms with Gasteiger partial charge in [0.15, 0.2) is 12.5 Å². The molecule has 4 N–H and O–H groups in total. The molecule has 2 aromatic carbocycles. The molecule has 0 aliphatic rings. The molecule has 0 aliphatic heterocycles. The molecule has 0 amide bonds. The molecule has 3 aromatic rings. The molecule has 0 bridgehead atoms. The van der Waals surface area contributed by atoms with Crippen molar-refractivity contribution in [2.24, 2.45) is 0 Å². The number of ether oxygens (including phenoxy) is 4. The Hall–Kier alpha value is -3.99. The first kappa shape index (κ1) is 36.5. The van der Waals surface area contributed by atoms with Crippen molar-refractivity contribution < 1.29 is 48.2 Å². The van der Waals surface area contributed by atoms with Crippen molar-refractivity contribution in [3.05, 3.63) is 80.4 Å². The van der Waals surface area contributed by atoms with Crippen LogP contribution in [0.25, 0.3) is 0 Å². The highest BCUT2D eigenvalue weighted by molar-refractivity contribution is 8.76. The summed E-state index contributed by atoms with van der Waals surface area (Å²) in [4.78, 5) is 48.6. The van der Waals surface area contributed by atoms with E-state index in [1.165, 1.54) is 24.3 Å². The van der Waals surface area contributed by atoms with E-state index >= 15 is 0 Å². The van der Waals surface area contributed by atoms with Gasteiger partial charge >= 0.3 is 11.7 Å². The highest BCUT2D eigenvalue weighted by Gasteiger charge is 2.18. The molecule has 1 heterocycles. The second-order valence-corrected chi connectivity index (χ2v) is 12.3. The number of rotatable bonds is 21. The number of aromatic nitrogens is 2. The summed E-state index contributed by atoms with van der Waals surface area (Å²) >= 11 is 0. The fourth-order valence-electron chi connectivity index (χ4n) is 3.82. The number of carbonyl (C=O) groups excluding carboxylic acids is 2. The number of ketones is 1. The molecule has 0 spiro atoms. The SMILES string of the molecule is O=C(CCCSSCCOCCOCCOc1cc(O)c(C(=O)CCc2ccc(O)cc2)c(O)c1)OCn1cc(F)c(=O)[nH]c1=O. The van der Waals surface area contributed by atoms with Crippen LogP contribution in [0.1, 0.15) is 35.2 Å². The Bertz CT molecular complexity index is 1520. The predicted octanol–water partition coefficient (Wildman–Crippen LogP) is 3.38. The zero-order valence-corrected chi connectivity index (χ0v) is 26.4. The zero-order valence-electron chi connectivity index (χ0n) is 24.8. The van der Waals surface area contributed by atoms with Crippen LogP contribution in [0.5, 0.6) is 23.0 Å². The van der Waals surface area contributed by atoms with Crippen molar-refractivity contribution >= 4 is 33.3 Å². The number of esters is 1. The lowest BCUT2D eigenvalue weighted by Crippen LogP contribution is -2.32. The van der Waals surface area contributed by atoms with E-state index < -0.39 is 35.5 Å². The lowest BCUT2D eigenvalue weighted by molar-refractivity contribution is -0.147. The summed E-state index contributed by atoms with van der Waals surface area (Å²) in [7, 11) is 3.15. The van der Waals surface area contributed by atoms with Gasteiger partial charge in [0.1, 0.15) is 35.2 Å². The predicted molar refractivity (Wildman–Crippen MR) is 169 cm³/mol. The second-order valence-electron chi connectivity index (χ2n) is 9.60. The molecule has 1 aromatic heterocycles. The van der Waals surface area contributed by atoms with Crippen molar-refractivity contribution in [1.82, 2.24) is 9.55 Å². The number of Topliss-reactive ketones (excluding diaryl/α,β-unsaturated/α-hetero) is 1. The Labute approximate surface area is 271 Å².